The van der Waals surface area contributed by atoms with Crippen LogP contribution in [0.5, 0.6) is 0 Å². The maximum Gasteiger partial charge on any atom is 0.224 e. The first-order chi connectivity index (χ1) is 8.69. The summed E-state index contributed by atoms with van der Waals surface area (Å²) in [6.07, 6.45) is 2.45. The van der Waals surface area contributed by atoms with E-state index in [0.29, 0.717) is 13.0 Å². The Labute approximate surface area is 125 Å². The number of nitrogens with one attached hydrogen (secondary N) is 1. The molecule has 100 valence electrons. The molecule has 0 heterocycles. The van der Waals surface area contributed by atoms with Crippen LogP contribution in [-0.2, 0) is 16.1 Å². The highest BCUT2D eigenvalue weighted by Crippen LogP contribution is 2.25. The molecule has 0 bridgehead atoms. The van der Waals surface area contributed by atoms with Crippen molar-refractivity contribution < 1.29 is 9.53 Å². The third-order valence-electron chi connectivity index (χ3n) is 2.47. The van der Waals surface area contributed by atoms with E-state index in [9.17, 15) is 4.79 Å². The Morgan fingerprint density at radius 2 is 2.17 bits per heavy atom. The van der Waals surface area contributed by atoms with Gasteiger partial charge in [0, 0.05) is 34.6 Å². The molecule has 0 aliphatic rings. The lowest BCUT2D eigenvalue weighted by atomic mass is 10.1. The molecule has 0 aliphatic heterocycles. The average Bonchev–Trinajstić information content (AvgIpc) is 2.34. The molecule has 1 aromatic carbocycles. The van der Waals surface area contributed by atoms with Crippen LogP contribution in [0.2, 0.25) is 0 Å². The van der Waals surface area contributed by atoms with Crippen LogP contribution in [-0.4, -0.2) is 18.3 Å². The smallest absolute Gasteiger partial charge is 0.224 e. The Hall–Kier alpha value is -0.390. The zero-order valence-corrected chi connectivity index (χ0v) is 13.5. The number of hydrogen-bond acceptors (Lipinski definition) is 2. The number of benzene rings is 1. The first-order valence-corrected chi connectivity index (χ1v) is 7.72. The summed E-state index contributed by atoms with van der Waals surface area (Å²) in [5.74, 6) is 0.0476. The van der Waals surface area contributed by atoms with E-state index in [1.54, 1.807) is 7.11 Å². The zero-order valence-electron chi connectivity index (χ0n) is 10.3. The van der Waals surface area contributed by atoms with Gasteiger partial charge >= 0.3 is 0 Å². The topological polar surface area (TPSA) is 38.3 Å². The van der Waals surface area contributed by atoms with Gasteiger partial charge in [-0.05, 0) is 25.0 Å². The molecule has 18 heavy (non-hydrogen) atoms. The molecule has 1 N–H and O–H groups in total. The van der Waals surface area contributed by atoms with Crippen LogP contribution in [0.3, 0.4) is 0 Å². The fourth-order valence-electron chi connectivity index (χ4n) is 1.56. The maximum absolute atomic E-state index is 11.8. The Balaban J connectivity index is 2.65. The van der Waals surface area contributed by atoms with E-state index in [1.807, 2.05) is 18.2 Å². The number of rotatable bonds is 7. The number of methoxy groups -OCH3 is 1. The SMILES string of the molecule is COCc1c(Br)cccc1NC(=O)CCCCBr. The van der Waals surface area contributed by atoms with Crippen LogP contribution in [0, 0.1) is 0 Å². The second kappa shape index (κ2) is 8.67. The third kappa shape index (κ3) is 5.08. The summed E-state index contributed by atoms with van der Waals surface area (Å²) >= 11 is 6.82. The van der Waals surface area contributed by atoms with Crippen LogP contribution in [0.1, 0.15) is 24.8 Å². The number of carbonyl (C=O) groups excluding carboxylic acids is 1. The molecule has 0 saturated carbocycles. The molecular formula is C13H17Br2NO2. The lowest BCUT2D eigenvalue weighted by molar-refractivity contribution is -0.116. The van der Waals surface area contributed by atoms with E-state index >= 15 is 0 Å². The molecule has 1 aromatic rings. The van der Waals surface area contributed by atoms with Crippen molar-refractivity contribution in [2.45, 2.75) is 25.9 Å². The summed E-state index contributed by atoms with van der Waals surface area (Å²) in [6.45, 7) is 0.471. The fraction of sp³-hybridized carbons (Fsp3) is 0.462. The molecule has 1 rings (SSSR count). The van der Waals surface area contributed by atoms with Gasteiger partial charge in [0.15, 0.2) is 0 Å². The summed E-state index contributed by atoms with van der Waals surface area (Å²) in [7, 11) is 1.64. The second-order valence-electron chi connectivity index (χ2n) is 3.89. The highest BCUT2D eigenvalue weighted by atomic mass is 79.9. The summed E-state index contributed by atoms with van der Waals surface area (Å²) in [5.41, 5.74) is 1.78. The van der Waals surface area contributed by atoms with E-state index in [0.717, 1.165) is 33.9 Å². The normalized spacial score (nSPS) is 10.4. The molecule has 0 saturated heterocycles. The highest BCUT2D eigenvalue weighted by Gasteiger charge is 2.09. The molecule has 0 aromatic heterocycles. The van der Waals surface area contributed by atoms with Gasteiger partial charge in [0.25, 0.3) is 0 Å². The molecule has 0 unspecified atom stereocenters. The summed E-state index contributed by atoms with van der Waals surface area (Å²) < 4.78 is 6.09. The van der Waals surface area contributed by atoms with Crippen molar-refractivity contribution in [3.05, 3.63) is 28.2 Å². The van der Waals surface area contributed by atoms with Gasteiger partial charge in [-0.1, -0.05) is 37.9 Å². The number of hydrogen-bond donors (Lipinski definition) is 1. The number of carbonyl (C=O) groups is 1. The van der Waals surface area contributed by atoms with Gasteiger partial charge in [-0.15, -0.1) is 0 Å². The van der Waals surface area contributed by atoms with Gasteiger partial charge in [-0.2, -0.15) is 0 Å². The van der Waals surface area contributed by atoms with Crippen molar-refractivity contribution in [2.24, 2.45) is 0 Å². The van der Waals surface area contributed by atoms with Gasteiger partial charge in [-0.3, -0.25) is 4.79 Å². The first kappa shape index (κ1) is 15.7. The fourth-order valence-corrected chi connectivity index (χ4v) is 2.44. The van der Waals surface area contributed by atoms with Gasteiger partial charge < -0.3 is 10.1 Å². The van der Waals surface area contributed by atoms with Crippen LogP contribution >= 0.6 is 31.9 Å². The Morgan fingerprint density at radius 3 is 2.83 bits per heavy atom. The van der Waals surface area contributed by atoms with Crippen LogP contribution < -0.4 is 5.32 Å². The van der Waals surface area contributed by atoms with E-state index in [1.165, 1.54) is 0 Å². The molecule has 0 atom stereocenters. The van der Waals surface area contributed by atoms with E-state index < -0.39 is 0 Å². The van der Waals surface area contributed by atoms with Crippen molar-refractivity contribution in [2.75, 3.05) is 17.8 Å². The average molecular weight is 379 g/mol. The largest absolute Gasteiger partial charge is 0.380 e. The van der Waals surface area contributed by atoms with Gasteiger partial charge in [-0.25, -0.2) is 0 Å². The number of unbranched alkanes of at least 4 members (excludes halogenated alkanes) is 1. The van der Waals surface area contributed by atoms with E-state index in [-0.39, 0.29) is 5.91 Å². The van der Waals surface area contributed by atoms with Crippen LogP contribution in [0.15, 0.2) is 22.7 Å². The first-order valence-electron chi connectivity index (χ1n) is 5.81. The molecule has 0 fully saturated rings. The Kier molecular flexibility index (Phi) is 7.54. The van der Waals surface area contributed by atoms with Crippen molar-refractivity contribution >= 4 is 43.5 Å². The van der Waals surface area contributed by atoms with E-state index in [2.05, 4.69) is 37.2 Å². The summed E-state index contributed by atoms with van der Waals surface area (Å²) in [6, 6.07) is 5.73. The molecule has 1 amide bonds. The molecular weight excluding hydrogens is 362 g/mol. The third-order valence-corrected chi connectivity index (χ3v) is 3.77. The number of halogens is 2. The summed E-state index contributed by atoms with van der Waals surface area (Å²) in [4.78, 5) is 11.8. The quantitative estimate of drug-likeness (QED) is 0.573. The van der Waals surface area contributed by atoms with Gasteiger partial charge in [0.1, 0.15) is 0 Å². The van der Waals surface area contributed by atoms with Crippen LogP contribution in [0.4, 0.5) is 5.69 Å². The Morgan fingerprint density at radius 1 is 1.39 bits per heavy atom. The number of alkyl halides is 1. The Bertz CT molecular complexity index is 397. The molecule has 0 spiro atoms. The minimum atomic E-state index is 0.0476. The second-order valence-corrected chi connectivity index (χ2v) is 5.54. The molecule has 0 aliphatic carbocycles. The minimum Gasteiger partial charge on any atom is -0.380 e. The monoisotopic (exact) mass is 377 g/mol. The molecule has 3 nitrogen and oxygen atoms in total. The van der Waals surface area contributed by atoms with Crippen molar-refractivity contribution in [3.63, 3.8) is 0 Å². The number of ether oxygens (including phenoxy) is 1. The van der Waals surface area contributed by atoms with Crippen molar-refractivity contribution in [3.8, 4) is 0 Å². The highest BCUT2D eigenvalue weighted by molar-refractivity contribution is 9.10. The lowest BCUT2D eigenvalue weighted by Crippen LogP contribution is -2.13. The number of amides is 1. The predicted octanol–water partition coefficient (Wildman–Crippen LogP) is 4.10. The lowest BCUT2D eigenvalue weighted by Gasteiger charge is -2.12. The van der Waals surface area contributed by atoms with Gasteiger partial charge in [0.05, 0.1) is 6.61 Å². The maximum atomic E-state index is 11.8. The number of anilines is 1. The predicted molar refractivity (Wildman–Crippen MR) is 81.1 cm³/mol. The van der Waals surface area contributed by atoms with Gasteiger partial charge in [0.2, 0.25) is 5.91 Å². The van der Waals surface area contributed by atoms with Crippen molar-refractivity contribution in [1.29, 1.82) is 0 Å². The van der Waals surface area contributed by atoms with Crippen LogP contribution in [0.25, 0.3) is 0 Å². The van der Waals surface area contributed by atoms with Crippen molar-refractivity contribution in [1.82, 2.24) is 0 Å². The zero-order chi connectivity index (χ0) is 13.4. The minimum absolute atomic E-state index is 0.0476. The molecule has 5 heteroatoms. The standard InChI is InChI=1S/C13H17Br2NO2/c1-18-9-10-11(15)5-4-6-12(10)16-13(17)7-2-3-8-14/h4-6H,2-3,7-9H2,1H3,(H,16,17). The summed E-state index contributed by atoms with van der Waals surface area (Å²) in [5, 5.41) is 3.87. The van der Waals surface area contributed by atoms with E-state index in [4.69, 9.17) is 4.74 Å². The molecule has 0 radical (unpaired) electrons.